The molecular weight excluding hydrogens is 350 g/mol. The molecule has 0 saturated carbocycles. The van der Waals surface area contributed by atoms with E-state index in [2.05, 4.69) is 10.2 Å². The molecule has 1 aliphatic rings. The molecule has 0 bridgehead atoms. The van der Waals surface area contributed by atoms with E-state index in [0.717, 1.165) is 30.1 Å². The molecule has 8 heteroatoms. The molecule has 1 aliphatic heterocycles. The van der Waals surface area contributed by atoms with Crippen LogP contribution in [0.2, 0.25) is 4.34 Å². The average Bonchev–Trinajstić information content (AvgIpc) is 2.99. The largest absolute Gasteiger partial charge is 0.372 e. The van der Waals surface area contributed by atoms with Crippen molar-refractivity contribution in [1.29, 1.82) is 0 Å². The maximum atomic E-state index is 12.2. The van der Waals surface area contributed by atoms with Gasteiger partial charge in [0.05, 0.1) is 4.92 Å². The van der Waals surface area contributed by atoms with E-state index in [-0.39, 0.29) is 14.9 Å². The summed E-state index contributed by atoms with van der Waals surface area (Å²) >= 11 is 6.68. The Hall–Kier alpha value is -2.12. The van der Waals surface area contributed by atoms with E-state index in [1.54, 1.807) is 0 Å². The fourth-order valence-corrected chi connectivity index (χ4v) is 3.81. The van der Waals surface area contributed by atoms with Crippen LogP contribution >= 0.6 is 22.9 Å². The molecule has 126 valence electrons. The molecule has 0 spiro atoms. The number of nitrogens with one attached hydrogen (secondary N) is 1. The topological polar surface area (TPSA) is 75.5 Å². The Morgan fingerprint density at radius 1 is 1.21 bits per heavy atom. The fourth-order valence-electron chi connectivity index (χ4n) is 2.70. The number of benzene rings is 1. The van der Waals surface area contributed by atoms with Crippen molar-refractivity contribution in [2.45, 2.75) is 19.3 Å². The predicted octanol–water partition coefficient (Wildman–Crippen LogP) is 4.55. The Kier molecular flexibility index (Phi) is 5.01. The Morgan fingerprint density at radius 2 is 1.88 bits per heavy atom. The van der Waals surface area contributed by atoms with Gasteiger partial charge in [0.2, 0.25) is 0 Å². The van der Waals surface area contributed by atoms with Gasteiger partial charge < -0.3 is 10.2 Å². The number of carbonyl (C=O) groups excluding carboxylic acids is 1. The zero-order valence-electron chi connectivity index (χ0n) is 12.8. The molecule has 2 aromatic rings. The number of amides is 1. The maximum absolute atomic E-state index is 12.2. The van der Waals surface area contributed by atoms with Crippen LogP contribution in [0.1, 0.15) is 28.9 Å². The van der Waals surface area contributed by atoms with Crippen LogP contribution in [0.4, 0.5) is 17.1 Å². The van der Waals surface area contributed by atoms with E-state index in [4.69, 9.17) is 11.6 Å². The third kappa shape index (κ3) is 3.68. The van der Waals surface area contributed by atoms with Gasteiger partial charge in [-0.2, -0.15) is 0 Å². The lowest BCUT2D eigenvalue weighted by atomic mass is 10.1. The number of piperidine rings is 1. The van der Waals surface area contributed by atoms with Gasteiger partial charge in [-0.25, -0.2) is 0 Å². The summed E-state index contributed by atoms with van der Waals surface area (Å²) in [6, 6.07) is 8.83. The number of thiophene rings is 1. The van der Waals surface area contributed by atoms with Gasteiger partial charge >= 0.3 is 0 Å². The van der Waals surface area contributed by atoms with E-state index < -0.39 is 10.8 Å². The molecule has 1 saturated heterocycles. The van der Waals surface area contributed by atoms with E-state index in [1.165, 1.54) is 25.3 Å². The van der Waals surface area contributed by atoms with Gasteiger partial charge in [-0.1, -0.05) is 11.6 Å². The molecule has 1 aromatic carbocycles. The summed E-state index contributed by atoms with van der Waals surface area (Å²) in [5.41, 5.74) is 1.54. The van der Waals surface area contributed by atoms with Crippen molar-refractivity contribution in [2.75, 3.05) is 23.3 Å². The van der Waals surface area contributed by atoms with Gasteiger partial charge in [0, 0.05) is 30.5 Å². The first-order chi connectivity index (χ1) is 11.5. The molecule has 2 heterocycles. The number of rotatable bonds is 4. The number of nitro groups is 1. The SMILES string of the molecule is O=C(Nc1ccc(N2CCCCC2)cc1)c1cc([N+](=O)[O-])c(Cl)s1. The minimum atomic E-state index is -0.594. The molecule has 0 atom stereocenters. The molecule has 0 radical (unpaired) electrons. The highest BCUT2D eigenvalue weighted by molar-refractivity contribution is 7.18. The van der Waals surface area contributed by atoms with E-state index >= 15 is 0 Å². The Bertz CT molecular complexity index is 754. The van der Waals surface area contributed by atoms with Crippen molar-refractivity contribution in [2.24, 2.45) is 0 Å². The molecule has 0 unspecified atom stereocenters. The molecule has 1 fully saturated rings. The summed E-state index contributed by atoms with van der Waals surface area (Å²) in [6.07, 6.45) is 3.69. The first-order valence-corrected chi connectivity index (χ1v) is 8.84. The molecule has 1 amide bonds. The molecular formula is C16H16ClN3O3S. The standard InChI is InChI=1S/C16H16ClN3O3S/c17-15-13(20(22)23)10-14(24-15)16(21)18-11-4-6-12(7-5-11)19-8-2-1-3-9-19/h4-7,10H,1-3,8-9H2,(H,18,21). The van der Waals surface area contributed by atoms with Crippen molar-refractivity contribution in [1.82, 2.24) is 0 Å². The van der Waals surface area contributed by atoms with Gasteiger partial charge in [-0.3, -0.25) is 14.9 Å². The van der Waals surface area contributed by atoms with Gasteiger partial charge in [0.25, 0.3) is 11.6 Å². The molecule has 0 aliphatic carbocycles. The quantitative estimate of drug-likeness (QED) is 0.637. The molecule has 3 rings (SSSR count). The van der Waals surface area contributed by atoms with Crippen molar-refractivity contribution < 1.29 is 9.72 Å². The predicted molar refractivity (Wildman–Crippen MR) is 96.4 cm³/mol. The minimum absolute atomic E-state index is 0.00518. The van der Waals surface area contributed by atoms with Crippen molar-refractivity contribution in [3.05, 3.63) is 49.7 Å². The highest BCUT2D eigenvalue weighted by Crippen LogP contribution is 2.34. The summed E-state index contributed by atoms with van der Waals surface area (Å²) in [6.45, 7) is 2.12. The Morgan fingerprint density at radius 3 is 2.46 bits per heavy atom. The van der Waals surface area contributed by atoms with Crippen LogP contribution in [-0.4, -0.2) is 23.9 Å². The lowest BCUT2D eigenvalue weighted by Crippen LogP contribution is -2.29. The van der Waals surface area contributed by atoms with Gasteiger partial charge in [-0.05, 0) is 43.5 Å². The second kappa shape index (κ2) is 7.19. The summed E-state index contributed by atoms with van der Waals surface area (Å²) in [4.78, 5) is 24.9. The maximum Gasteiger partial charge on any atom is 0.299 e. The van der Waals surface area contributed by atoms with Gasteiger partial charge in [0.1, 0.15) is 4.88 Å². The lowest BCUT2D eigenvalue weighted by molar-refractivity contribution is -0.384. The number of halogens is 1. The first kappa shape index (κ1) is 16.7. The highest BCUT2D eigenvalue weighted by Gasteiger charge is 2.21. The highest BCUT2D eigenvalue weighted by atomic mass is 35.5. The smallest absolute Gasteiger partial charge is 0.299 e. The minimum Gasteiger partial charge on any atom is -0.372 e. The monoisotopic (exact) mass is 365 g/mol. The van der Waals surface area contributed by atoms with Crippen molar-refractivity contribution >= 4 is 45.9 Å². The van der Waals surface area contributed by atoms with Crippen LogP contribution in [0.25, 0.3) is 0 Å². The van der Waals surface area contributed by atoms with Crippen LogP contribution in [0.3, 0.4) is 0 Å². The third-order valence-electron chi connectivity index (χ3n) is 3.94. The number of nitrogens with zero attached hydrogens (tertiary/aromatic N) is 2. The third-order valence-corrected chi connectivity index (χ3v) is 5.27. The second-order valence-corrected chi connectivity index (χ2v) is 7.23. The number of anilines is 2. The molecule has 24 heavy (non-hydrogen) atoms. The van der Waals surface area contributed by atoms with Crippen LogP contribution < -0.4 is 10.2 Å². The van der Waals surface area contributed by atoms with Crippen LogP contribution in [0, 0.1) is 10.1 Å². The molecule has 1 aromatic heterocycles. The van der Waals surface area contributed by atoms with Crippen LogP contribution in [0.15, 0.2) is 30.3 Å². The van der Waals surface area contributed by atoms with E-state index in [1.807, 2.05) is 24.3 Å². The Labute approximate surface area is 148 Å². The van der Waals surface area contributed by atoms with E-state index in [0.29, 0.717) is 5.69 Å². The number of carbonyl (C=O) groups is 1. The first-order valence-electron chi connectivity index (χ1n) is 7.64. The summed E-state index contributed by atoms with van der Waals surface area (Å²) in [5.74, 6) is -0.402. The Balaban J connectivity index is 1.68. The van der Waals surface area contributed by atoms with E-state index in [9.17, 15) is 14.9 Å². The average molecular weight is 366 g/mol. The number of hydrogen-bond donors (Lipinski definition) is 1. The van der Waals surface area contributed by atoms with Crippen molar-refractivity contribution in [3.8, 4) is 0 Å². The van der Waals surface area contributed by atoms with Crippen LogP contribution in [-0.2, 0) is 0 Å². The molecule has 6 nitrogen and oxygen atoms in total. The lowest BCUT2D eigenvalue weighted by Gasteiger charge is -2.28. The zero-order chi connectivity index (χ0) is 17.1. The van der Waals surface area contributed by atoms with Crippen LogP contribution in [0.5, 0.6) is 0 Å². The second-order valence-electron chi connectivity index (χ2n) is 5.58. The normalized spacial score (nSPS) is 14.5. The summed E-state index contributed by atoms with van der Waals surface area (Å²) in [5, 5.41) is 13.5. The zero-order valence-corrected chi connectivity index (χ0v) is 14.4. The number of hydrogen-bond acceptors (Lipinski definition) is 5. The summed E-state index contributed by atoms with van der Waals surface area (Å²) < 4.78 is 0.00518. The van der Waals surface area contributed by atoms with Gasteiger partial charge in [-0.15, -0.1) is 11.3 Å². The summed E-state index contributed by atoms with van der Waals surface area (Å²) in [7, 11) is 0. The van der Waals surface area contributed by atoms with Gasteiger partial charge in [0.15, 0.2) is 4.34 Å². The fraction of sp³-hybridized carbons (Fsp3) is 0.312. The molecule has 1 N–H and O–H groups in total. The van der Waals surface area contributed by atoms with Crippen molar-refractivity contribution in [3.63, 3.8) is 0 Å².